The van der Waals surface area contributed by atoms with Crippen molar-refractivity contribution in [1.82, 2.24) is 9.97 Å². The molecule has 0 saturated carbocycles. The van der Waals surface area contributed by atoms with Crippen LogP contribution >= 0.6 is 15.9 Å². The van der Waals surface area contributed by atoms with E-state index in [0.717, 1.165) is 21.1 Å². The molecule has 0 saturated heterocycles. The van der Waals surface area contributed by atoms with Crippen molar-refractivity contribution in [3.8, 4) is 17.1 Å². The number of nitro benzene ring substituents is 1. The van der Waals surface area contributed by atoms with Gasteiger partial charge in [-0.05, 0) is 40.2 Å². The van der Waals surface area contributed by atoms with E-state index in [-0.39, 0.29) is 5.69 Å². The minimum atomic E-state index is -0.433. The Labute approximate surface area is 174 Å². The lowest BCUT2D eigenvalue weighted by Gasteiger charge is -2.12. The molecule has 1 aromatic heterocycles. The first-order valence-electron chi connectivity index (χ1n) is 8.67. The lowest BCUT2D eigenvalue weighted by atomic mass is 10.1. The van der Waals surface area contributed by atoms with E-state index in [1.807, 2.05) is 42.5 Å². The Morgan fingerprint density at radius 2 is 1.86 bits per heavy atom. The molecule has 8 heteroatoms. The van der Waals surface area contributed by atoms with Gasteiger partial charge in [-0.2, -0.15) is 0 Å². The van der Waals surface area contributed by atoms with Gasteiger partial charge in [-0.25, -0.2) is 9.97 Å². The maximum atomic E-state index is 11.1. The highest BCUT2D eigenvalue weighted by molar-refractivity contribution is 9.10. The van der Waals surface area contributed by atoms with E-state index in [2.05, 4.69) is 31.2 Å². The van der Waals surface area contributed by atoms with Crippen molar-refractivity contribution in [3.63, 3.8) is 0 Å². The molecule has 29 heavy (non-hydrogen) atoms. The summed E-state index contributed by atoms with van der Waals surface area (Å²) in [4.78, 5) is 19.9. The summed E-state index contributed by atoms with van der Waals surface area (Å²) in [5.41, 5.74) is 2.09. The van der Waals surface area contributed by atoms with Crippen LogP contribution < -0.4 is 10.1 Å². The number of halogens is 1. The normalized spacial score (nSPS) is 10.7. The van der Waals surface area contributed by atoms with Crippen LogP contribution in [0, 0.1) is 10.1 Å². The van der Waals surface area contributed by atoms with Gasteiger partial charge in [0.25, 0.3) is 5.69 Å². The predicted octanol–water partition coefficient (Wildman–Crippen LogP) is 5.72. The van der Waals surface area contributed by atoms with Crippen LogP contribution in [0.5, 0.6) is 5.75 Å². The molecule has 0 atom stereocenters. The van der Waals surface area contributed by atoms with Crippen LogP contribution in [0.1, 0.15) is 0 Å². The van der Waals surface area contributed by atoms with Crippen LogP contribution in [-0.4, -0.2) is 22.0 Å². The molecular weight excluding hydrogens is 436 g/mol. The summed E-state index contributed by atoms with van der Waals surface area (Å²) >= 11 is 3.44. The first kappa shape index (κ1) is 18.8. The van der Waals surface area contributed by atoms with Gasteiger partial charge in [-0.3, -0.25) is 10.1 Å². The lowest BCUT2D eigenvalue weighted by Crippen LogP contribution is -2.00. The molecule has 0 bridgehead atoms. The fraction of sp³-hybridized carbons (Fsp3) is 0.0476. The smallest absolute Gasteiger partial charge is 0.270 e. The number of methoxy groups -OCH3 is 1. The molecule has 1 N–H and O–H groups in total. The van der Waals surface area contributed by atoms with Gasteiger partial charge in [0.2, 0.25) is 0 Å². The maximum Gasteiger partial charge on any atom is 0.270 e. The number of nitrogens with zero attached hydrogens (tertiary/aromatic N) is 3. The van der Waals surface area contributed by atoms with Crippen LogP contribution in [0.3, 0.4) is 0 Å². The molecule has 3 aromatic carbocycles. The quantitative estimate of drug-likeness (QED) is 0.308. The van der Waals surface area contributed by atoms with Crippen molar-refractivity contribution < 1.29 is 9.66 Å². The second-order valence-corrected chi connectivity index (χ2v) is 7.05. The van der Waals surface area contributed by atoms with Crippen LogP contribution in [0.25, 0.3) is 22.3 Å². The molecule has 0 aliphatic rings. The minimum Gasteiger partial charge on any atom is -0.495 e. The predicted molar refractivity (Wildman–Crippen MR) is 116 cm³/mol. The molecule has 0 aliphatic heterocycles. The first-order chi connectivity index (χ1) is 14.0. The first-order valence-corrected chi connectivity index (χ1v) is 9.46. The number of hydrogen-bond acceptors (Lipinski definition) is 6. The van der Waals surface area contributed by atoms with Crippen molar-refractivity contribution in [2.45, 2.75) is 0 Å². The largest absolute Gasteiger partial charge is 0.495 e. The third-order valence-electron chi connectivity index (χ3n) is 4.33. The Kier molecular flexibility index (Phi) is 5.09. The number of ether oxygens (including phenoxy) is 1. The molecular formula is C21H15BrN4O3. The number of non-ortho nitro benzene ring substituents is 1. The third kappa shape index (κ3) is 3.88. The molecule has 0 radical (unpaired) electrons. The zero-order valence-electron chi connectivity index (χ0n) is 15.3. The van der Waals surface area contributed by atoms with Gasteiger partial charge >= 0.3 is 0 Å². The number of aromatic nitrogens is 2. The second-order valence-electron chi connectivity index (χ2n) is 6.19. The summed E-state index contributed by atoms with van der Waals surface area (Å²) in [6, 6.07) is 19.5. The Morgan fingerprint density at radius 1 is 1.03 bits per heavy atom. The molecule has 144 valence electrons. The number of hydrogen-bond donors (Lipinski definition) is 1. The van der Waals surface area contributed by atoms with Crippen LogP contribution in [0.4, 0.5) is 17.2 Å². The summed E-state index contributed by atoms with van der Waals surface area (Å²) in [6.07, 6.45) is 0. The number of fused-ring (bicyclic) bond motifs is 1. The molecule has 4 aromatic rings. The van der Waals surface area contributed by atoms with Crippen molar-refractivity contribution >= 4 is 44.0 Å². The average Bonchev–Trinajstić information content (AvgIpc) is 2.75. The highest BCUT2D eigenvalue weighted by atomic mass is 79.9. The fourth-order valence-electron chi connectivity index (χ4n) is 2.93. The minimum absolute atomic E-state index is 0.00795. The van der Waals surface area contributed by atoms with E-state index in [0.29, 0.717) is 23.0 Å². The Morgan fingerprint density at radius 3 is 2.66 bits per heavy atom. The SMILES string of the molecule is COc1cc(Nc2nc(-c3cccc([N+](=O)[O-])c3)nc3ccccc23)ccc1Br. The average molecular weight is 451 g/mol. The zero-order valence-corrected chi connectivity index (χ0v) is 16.9. The molecule has 4 rings (SSSR count). The van der Waals surface area contributed by atoms with Gasteiger partial charge in [-0.1, -0.05) is 24.3 Å². The van der Waals surface area contributed by atoms with Crippen molar-refractivity contribution in [2.75, 3.05) is 12.4 Å². The second kappa shape index (κ2) is 7.84. The van der Waals surface area contributed by atoms with E-state index < -0.39 is 4.92 Å². The topological polar surface area (TPSA) is 90.2 Å². The van der Waals surface area contributed by atoms with E-state index in [9.17, 15) is 10.1 Å². The number of para-hydroxylation sites is 1. The molecule has 0 aliphatic carbocycles. The summed E-state index contributed by atoms with van der Waals surface area (Å²) in [6.45, 7) is 0. The van der Waals surface area contributed by atoms with E-state index in [1.54, 1.807) is 19.2 Å². The molecule has 0 spiro atoms. The van der Waals surface area contributed by atoms with E-state index in [1.165, 1.54) is 12.1 Å². The summed E-state index contributed by atoms with van der Waals surface area (Å²) < 4.78 is 6.20. The van der Waals surface area contributed by atoms with Gasteiger partial charge < -0.3 is 10.1 Å². The van der Waals surface area contributed by atoms with Gasteiger partial charge in [0.1, 0.15) is 11.6 Å². The molecule has 7 nitrogen and oxygen atoms in total. The van der Waals surface area contributed by atoms with Gasteiger partial charge in [0.05, 0.1) is 22.0 Å². The molecule has 1 heterocycles. The number of anilines is 2. The van der Waals surface area contributed by atoms with Gasteiger partial charge in [0, 0.05) is 34.8 Å². The van der Waals surface area contributed by atoms with E-state index >= 15 is 0 Å². The van der Waals surface area contributed by atoms with Gasteiger partial charge in [0.15, 0.2) is 5.82 Å². The number of rotatable bonds is 5. The summed E-state index contributed by atoms with van der Waals surface area (Å²) in [5, 5.41) is 15.3. The standard InChI is InChI=1S/C21H15BrN4O3/c1-29-19-12-14(9-10-17(19)22)23-21-16-7-2-3-8-18(16)24-20(25-21)13-5-4-6-15(11-13)26(27)28/h2-12H,1H3,(H,23,24,25). The number of benzene rings is 3. The molecule has 0 amide bonds. The molecule has 0 fully saturated rings. The third-order valence-corrected chi connectivity index (χ3v) is 4.99. The zero-order chi connectivity index (χ0) is 20.4. The monoisotopic (exact) mass is 450 g/mol. The van der Waals surface area contributed by atoms with Crippen molar-refractivity contribution in [1.29, 1.82) is 0 Å². The van der Waals surface area contributed by atoms with Crippen LogP contribution in [0.2, 0.25) is 0 Å². The van der Waals surface area contributed by atoms with Crippen molar-refractivity contribution in [3.05, 3.63) is 81.3 Å². The Hall–Kier alpha value is -3.52. The molecule has 0 unspecified atom stereocenters. The van der Waals surface area contributed by atoms with E-state index in [4.69, 9.17) is 4.74 Å². The highest BCUT2D eigenvalue weighted by Gasteiger charge is 2.13. The van der Waals surface area contributed by atoms with Gasteiger partial charge in [-0.15, -0.1) is 0 Å². The maximum absolute atomic E-state index is 11.1. The summed E-state index contributed by atoms with van der Waals surface area (Å²) in [5.74, 6) is 1.69. The highest BCUT2D eigenvalue weighted by Crippen LogP contribution is 2.32. The van der Waals surface area contributed by atoms with Crippen molar-refractivity contribution in [2.24, 2.45) is 0 Å². The van der Waals surface area contributed by atoms with Crippen LogP contribution in [-0.2, 0) is 0 Å². The fourth-order valence-corrected chi connectivity index (χ4v) is 3.34. The summed E-state index contributed by atoms with van der Waals surface area (Å²) in [7, 11) is 1.60. The number of nitro groups is 1. The Balaban J connectivity index is 1.83. The van der Waals surface area contributed by atoms with Crippen LogP contribution in [0.15, 0.2) is 71.2 Å². The Bertz CT molecular complexity index is 1230. The number of nitrogens with one attached hydrogen (secondary N) is 1. The lowest BCUT2D eigenvalue weighted by molar-refractivity contribution is -0.384.